The van der Waals surface area contributed by atoms with E-state index >= 15 is 0 Å². The van der Waals surface area contributed by atoms with Crippen molar-refractivity contribution in [3.8, 4) is 0 Å². The van der Waals surface area contributed by atoms with E-state index in [4.69, 9.17) is 0 Å². The second-order valence-corrected chi connectivity index (χ2v) is 6.14. The predicted molar refractivity (Wildman–Crippen MR) is 85.8 cm³/mol. The molecule has 0 atom stereocenters. The zero-order valence-electron chi connectivity index (χ0n) is 13.1. The number of amides is 1. The van der Waals surface area contributed by atoms with E-state index in [-0.39, 0.29) is 5.91 Å². The molecule has 1 N–H and O–H groups in total. The summed E-state index contributed by atoms with van der Waals surface area (Å²) in [7, 11) is 0. The van der Waals surface area contributed by atoms with E-state index in [1.54, 1.807) is 0 Å². The molecule has 1 aliphatic carbocycles. The molecule has 2 fully saturated rings. The number of piperazine rings is 1. The first-order chi connectivity index (χ1) is 10.2. The summed E-state index contributed by atoms with van der Waals surface area (Å²) in [5.41, 5.74) is 2.91. The van der Waals surface area contributed by atoms with Crippen molar-refractivity contribution in [2.24, 2.45) is 0 Å². The van der Waals surface area contributed by atoms with E-state index in [2.05, 4.69) is 23.2 Å². The quantitative estimate of drug-likeness (QED) is 0.923. The average molecular weight is 287 g/mol. The Bertz CT molecular complexity index is 517. The van der Waals surface area contributed by atoms with E-state index in [1.165, 1.54) is 12.8 Å². The van der Waals surface area contributed by atoms with Crippen LogP contribution in [-0.4, -0.2) is 54.5 Å². The number of nitrogens with zero attached hydrogens (tertiary/aromatic N) is 2. The molecule has 1 aromatic carbocycles. The molecule has 1 saturated heterocycles. The summed E-state index contributed by atoms with van der Waals surface area (Å²) < 4.78 is 0. The maximum Gasteiger partial charge on any atom is 0.256 e. The van der Waals surface area contributed by atoms with Gasteiger partial charge in [0, 0.05) is 44.5 Å². The van der Waals surface area contributed by atoms with Gasteiger partial charge in [-0.25, -0.2) is 0 Å². The third-order valence-corrected chi connectivity index (χ3v) is 4.44. The van der Waals surface area contributed by atoms with E-state index < -0.39 is 0 Å². The van der Waals surface area contributed by atoms with Crippen molar-refractivity contribution in [2.75, 3.05) is 38.0 Å². The molecule has 1 heterocycles. The number of hydrogen-bond donors (Lipinski definition) is 1. The summed E-state index contributed by atoms with van der Waals surface area (Å²) in [6.07, 6.45) is 2.69. The molecule has 1 amide bonds. The van der Waals surface area contributed by atoms with E-state index in [0.717, 1.165) is 55.6 Å². The lowest BCUT2D eigenvalue weighted by Crippen LogP contribution is -2.49. The molecule has 4 heteroatoms. The standard InChI is InChI=1S/C17H25N3O/c1-3-18-16-7-4-13(2)12-15(16)17(21)20-10-8-19(9-11-20)14-5-6-14/h4,7,12,14,18H,3,5-6,8-11H2,1-2H3. The van der Waals surface area contributed by atoms with Gasteiger partial charge in [-0.15, -0.1) is 0 Å². The van der Waals surface area contributed by atoms with Gasteiger partial charge in [0.05, 0.1) is 5.56 Å². The zero-order chi connectivity index (χ0) is 14.8. The van der Waals surface area contributed by atoms with Crippen LogP contribution in [0.4, 0.5) is 5.69 Å². The van der Waals surface area contributed by atoms with Gasteiger partial charge < -0.3 is 10.2 Å². The summed E-state index contributed by atoms with van der Waals surface area (Å²) in [5.74, 6) is 0.171. The van der Waals surface area contributed by atoms with Gasteiger partial charge in [-0.3, -0.25) is 9.69 Å². The molecule has 21 heavy (non-hydrogen) atoms. The van der Waals surface area contributed by atoms with Gasteiger partial charge in [0.2, 0.25) is 0 Å². The van der Waals surface area contributed by atoms with Crippen LogP contribution in [0.25, 0.3) is 0 Å². The molecule has 4 nitrogen and oxygen atoms in total. The molecule has 0 spiro atoms. The molecule has 1 saturated carbocycles. The van der Waals surface area contributed by atoms with Crippen LogP contribution in [0.1, 0.15) is 35.7 Å². The Morgan fingerprint density at radius 3 is 2.57 bits per heavy atom. The van der Waals surface area contributed by atoms with Crippen LogP contribution in [0, 0.1) is 6.92 Å². The van der Waals surface area contributed by atoms with E-state index in [1.807, 2.05) is 24.0 Å². The minimum atomic E-state index is 0.171. The highest BCUT2D eigenvalue weighted by atomic mass is 16.2. The van der Waals surface area contributed by atoms with E-state index in [9.17, 15) is 4.79 Å². The van der Waals surface area contributed by atoms with Crippen molar-refractivity contribution < 1.29 is 4.79 Å². The van der Waals surface area contributed by atoms with Crippen LogP contribution in [0.15, 0.2) is 18.2 Å². The highest BCUT2D eigenvalue weighted by molar-refractivity contribution is 5.99. The fourth-order valence-corrected chi connectivity index (χ4v) is 3.08. The number of hydrogen-bond acceptors (Lipinski definition) is 3. The molecule has 1 aromatic rings. The number of carbonyl (C=O) groups is 1. The highest BCUT2D eigenvalue weighted by Crippen LogP contribution is 2.28. The molecule has 2 aliphatic rings. The third kappa shape index (κ3) is 3.21. The molecule has 0 bridgehead atoms. The Hall–Kier alpha value is -1.55. The number of anilines is 1. The topological polar surface area (TPSA) is 35.6 Å². The maximum absolute atomic E-state index is 12.8. The van der Waals surface area contributed by atoms with Crippen molar-refractivity contribution in [3.05, 3.63) is 29.3 Å². The van der Waals surface area contributed by atoms with Gasteiger partial charge in [-0.1, -0.05) is 11.6 Å². The lowest BCUT2D eigenvalue weighted by atomic mass is 10.1. The molecule has 1 aliphatic heterocycles. The number of nitrogens with one attached hydrogen (secondary N) is 1. The summed E-state index contributed by atoms with van der Waals surface area (Å²) in [6, 6.07) is 6.89. The van der Waals surface area contributed by atoms with Crippen molar-refractivity contribution in [1.82, 2.24) is 9.80 Å². The van der Waals surface area contributed by atoms with Crippen LogP contribution in [0.3, 0.4) is 0 Å². The van der Waals surface area contributed by atoms with E-state index in [0.29, 0.717) is 0 Å². The Balaban J connectivity index is 1.71. The Labute approximate surface area is 127 Å². The van der Waals surface area contributed by atoms with Crippen LogP contribution < -0.4 is 5.32 Å². The number of aryl methyl sites for hydroxylation is 1. The number of benzene rings is 1. The lowest BCUT2D eigenvalue weighted by Gasteiger charge is -2.35. The first-order valence-electron chi connectivity index (χ1n) is 8.07. The molecule has 0 aromatic heterocycles. The van der Waals surface area contributed by atoms with Crippen LogP contribution in [-0.2, 0) is 0 Å². The summed E-state index contributed by atoms with van der Waals surface area (Å²) >= 11 is 0. The SMILES string of the molecule is CCNc1ccc(C)cc1C(=O)N1CCN(C2CC2)CC1. The normalized spacial score (nSPS) is 19.6. The smallest absolute Gasteiger partial charge is 0.256 e. The maximum atomic E-state index is 12.8. The summed E-state index contributed by atoms with van der Waals surface area (Å²) in [5, 5.41) is 3.30. The average Bonchev–Trinajstić information content (AvgIpc) is 3.33. The van der Waals surface area contributed by atoms with Crippen LogP contribution in [0.5, 0.6) is 0 Å². The minimum Gasteiger partial charge on any atom is -0.385 e. The molecule has 114 valence electrons. The minimum absolute atomic E-state index is 0.171. The Kier molecular flexibility index (Phi) is 4.15. The van der Waals surface area contributed by atoms with Gasteiger partial charge in [0.1, 0.15) is 0 Å². The second-order valence-electron chi connectivity index (χ2n) is 6.14. The first-order valence-corrected chi connectivity index (χ1v) is 8.07. The van der Waals surface area contributed by atoms with Gasteiger partial charge in [0.15, 0.2) is 0 Å². The second kappa shape index (κ2) is 6.06. The van der Waals surface area contributed by atoms with Crippen molar-refractivity contribution in [3.63, 3.8) is 0 Å². The largest absolute Gasteiger partial charge is 0.385 e. The molecule has 3 rings (SSSR count). The fourth-order valence-electron chi connectivity index (χ4n) is 3.08. The van der Waals surface area contributed by atoms with Crippen LogP contribution in [0.2, 0.25) is 0 Å². The zero-order valence-corrected chi connectivity index (χ0v) is 13.1. The molecular weight excluding hydrogens is 262 g/mol. The number of rotatable bonds is 4. The van der Waals surface area contributed by atoms with Gasteiger partial charge >= 0.3 is 0 Å². The van der Waals surface area contributed by atoms with Crippen molar-refractivity contribution in [2.45, 2.75) is 32.7 Å². The van der Waals surface area contributed by atoms with Crippen molar-refractivity contribution in [1.29, 1.82) is 0 Å². The molecule has 0 radical (unpaired) electrons. The summed E-state index contributed by atoms with van der Waals surface area (Å²) in [6.45, 7) is 8.69. The molecule has 0 unspecified atom stereocenters. The lowest BCUT2D eigenvalue weighted by molar-refractivity contribution is 0.0628. The fraction of sp³-hybridized carbons (Fsp3) is 0.588. The van der Waals surface area contributed by atoms with Crippen molar-refractivity contribution >= 4 is 11.6 Å². The van der Waals surface area contributed by atoms with Gasteiger partial charge in [-0.05, 0) is 38.8 Å². The Morgan fingerprint density at radius 1 is 1.24 bits per heavy atom. The van der Waals surface area contributed by atoms with Crippen LogP contribution >= 0.6 is 0 Å². The first kappa shape index (κ1) is 14.4. The third-order valence-electron chi connectivity index (χ3n) is 4.44. The predicted octanol–water partition coefficient (Wildman–Crippen LogP) is 2.35. The summed E-state index contributed by atoms with van der Waals surface area (Å²) in [4.78, 5) is 17.3. The van der Waals surface area contributed by atoms with Gasteiger partial charge in [-0.2, -0.15) is 0 Å². The molecular formula is C17H25N3O. The number of carbonyl (C=O) groups excluding carboxylic acids is 1. The van der Waals surface area contributed by atoms with Gasteiger partial charge in [0.25, 0.3) is 5.91 Å². The highest BCUT2D eigenvalue weighted by Gasteiger charge is 2.32. The Morgan fingerprint density at radius 2 is 1.95 bits per heavy atom. The monoisotopic (exact) mass is 287 g/mol.